The minimum atomic E-state index is -5.02. The van der Waals surface area contributed by atoms with E-state index >= 15 is 0 Å². The fraction of sp³-hybridized carbons (Fsp3) is 0.231. The molecule has 6 nitrogen and oxygen atoms in total. The van der Waals surface area contributed by atoms with Gasteiger partial charge in [-0.3, -0.25) is 4.79 Å². The van der Waals surface area contributed by atoms with Gasteiger partial charge >= 0.3 is 6.18 Å². The average molecular weight is 311 g/mol. The second-order valence-corrected chi connectivity index (χ2v) is 4.58. The standard InChI is InChI=1S/C13H12F3N5O/c1-20(2)8-10(11(22)13(14,15)16)12-17-18-19-21(12)9-6-4-3-5-7-9/h3-8H,1-2H3/b10-8-. The largest absolute Gasteiger partial charge is 0.455 e. The zero-order valence-electron chi connectivity index (χ0n) is 11.7. The first-order chi connectivity index (χ1) is 10.3. The molecule has 0 bridgehead atoms. The van der Waals surface area contributed by atoms with Crippen molar-refractivity contribution < 1.29 is 18.0 Å². The molecule has 0 N–H and O–H groups in total. The van der Waals surface area contributed by atoms with E-state index in [1.165, 1.54) is 19.0 Å². The maximum atomic E-state index is 12.8. The van der Waals surface area contributed by atoms with E-state index in [1.54, 1.807) is 30.3 Å². The number of carbonyl (C=O) groups excluding carboxylic acids is 1. The lowest BCUT2D eigenvalue weighted by atomic mass is 10.1. The molecule has 0 aliphatic carbocycles. The van der Waals surface area contributed by atoms with Gasteiger partial charge in [-0.25, -0.2) is 0 Å². The van der Waals surface area contributed by atoms with E-state index in [0.717, 1.165) is 10.9 Å². The number of carbonyl (C=O) groups is 1. The normalized spacial score (nSPS) is 12.3. The highest BCUT2D eigenvalue weighted by molar-refractivity contribution is 6.22. The maximum Gasteiger partial charge on any atom is 0.455 e. The van der Waals surface area contributed by atoms with Gasteiger partial charge in [0.25, 0.3) is 5.78 Å². The van der Waals surface area contributed by atoms with Crippen molar-refractivity contribution in [2.75, 3.05) is 14.1 Å². The number of ketones is 1. The molecule has 0 atom stereocenters. The van der Waals surface area contributed by atoms with E-state index in [1.807, 2.05) is 0 Å². The van der Waals surface area contributed by atoms with Crippen LogP contribution in [0.2, 0.25) is 0 Å². The van der Waals surface area contributed by atoms with Crippen molar-refractivity contribution in [1.82, 2.24) is 25.1 Å². The minimum Gasteiger partial charge on any atom is -0.383 e. The van der Waals surface area contributed by atoms with E-state index in [4.69, 9.17) is 0 Å². The lowest BCUT2D eigenvalue weighted by molar-refractivity contribution is -0.164. The van der Waals surface area contributed by atoms with Crippen LogP contribution in [0.15, 0.2) is 36.5 Å². The van der Waals surface area contributed by atoms with E-state index in [9.17, 15) is 18.0 Å². The summed E-state index contributed by atoms with van der Waals surface area (Å²) in [7, 11) is 3.00. The molecule has 0 aliphatic heterocycles. The molecule has 0 aliphatic rings. The number of allylic oxidation sites excluding steroid dienone is 1. The first-order valence-corrected chi connectivity index (χ1v) is 6.14. The summed E-state index contributed by atoms with van der Waals surface area (Å²) in [6, 6.07) is 8.34. The summed E-state index contributed by atoms with van der Waals surface area (Å²) in [5.41, 5.74) is -0.187. The quantitative estimate of drug-likeness (QED) is 0.804. The number of rotatable bonds is 4. The smallest absolute Gasteiger partial charge is 0.383 e. The molecule has 0 radical (unpaired) electrons. The van der Waals surface area contributed by atoms with Gasteiger partial charge in [0.15, 0.2) is 5.82 Å². The number of nitrogens with zero attached hydrogens (tertiary/aromatic N) is 5. The van der Waals surface area contributed by atoms with Gasteiger partial charge in [0.1, 0.15) is 0 Å². The molecule has 0 spiro atoms. The Morgan fingerprint density at radius 3 is 2.41 bits per heavy atom. The highest BCUT2D eigenvalue weighted by Crippen LogP contribution is 2.26. The van der Waals surface area contributed by atoms with Gasteiger partial charge in [-0.05, 0) is 22.6 Å². The zero-order chi connectivity index (χ0) is 16.3. The van der Waals surface area contributed by atoms with Gasteiger partial charge in [0, 0.05) is 20.3 Å². The van der Waals surface area contributed by atoms with Crippen LogP contribution < -0.4 is 0 Å². The van der Waals surface area contributed by atoms with Crippen molar-refractivity contribution in [3.8, 4) is 5.69 Å². The van der Waals surface area contributed by atoms with Gasteiger partial charge in [0.05, 0.1) is 11.3 Å². The summed E-state index contributed by atoms with van der Waals surface area (Å²) in [5.74, 6) is -2.28. The Morgan fingerprint density at radius 1 is 1.23 bits per heavy atom. The number of alkyl halides is 3. The van der Waals surface area contributed by atoms with Crippen LogP contribution in [0.25, 0.3) is 11.3 Å². The maximum absolute atomic E-state index is 12.8. The topological polar surface area (TPSA) is 63.9 Å². The summed E-state index contributed by atoms with van der Waals surface area (Å²) in [6.07, 6.45) is -3.98. The second-order valence-electron chi connectivity index (χ2n) is 4.58. The van der Waals surface area contributed by atoms with Crippen LogP contribution in [0, 0.1) is 0 Å². The first kappa shape index (κ1) is 15.7. The molecular formula is C13H12F3N5O. The van der Waals surface area contributed by atoms with Crippen molar-refractivity contribution in [2.45, 2.75) is 6.18 Å². The third kappa shape index (κ3) is 3.30. The predicted octanol–water partition coefficient (Wildman–Crippen LogP) is 1.70. The molecule has 1 heterocycles. The van der Waals surface area contributed by atoms with Crippen LogP contribution in [0.3, 0.4) is 0 Å². The first-order valence-electron chi connectivity index (χ1n) is 6.14. The fourth-order valence-electron chi connectivity index (χ4n) is 1.73. The Morgan fingerprint density at radius 2 is 1.86 bits per heavy atom. The minimum absolute atomic E-state index is 0.276. The van der Waals surface area contributed by atoms with Gasteiger partial charge in [-0.1, -0.05) is 18.2 Å². The SMILES string of the molecule is CN(C)/C=C(/C(=O)C(F)(F)F)c1nnnn1-c1ccccc1. The molecule has 0 unspecified atom stereocenters. The summed E-state index contributed by atoms with van der Waals surface area (Å²) >= 11 is 0. The molecule has 1 aromatic heterocycles. The molecule has 0 fully saturated rings. The highest BCUT2D eigenvalue weighted by atomic mass is 19.4. The van der Waals surface area contributed by atoms with Crippen LogP contribution in [0.4, 0.5) is 13.2 Å². The number of hydrogen-bond acceptors (Lipinski definition) is 5. The third-order valence-corrected chi connectivity index (χ3v) is 2.60. The van der Waals surface area contributed by atoms with Gasteiger partial charge in [0.2, 0.25) is 0 Å². The van der Waals surface area contributed by atoms with Gasteiger partial charge < -0.3 is 4.90 Å². The molecule has 0 saturated carbocycles. The third-order valence-electron chi connectivity index (χ3n) is 2.60. The number of tetrazole rings is 1. The van der Waals surface area contributed by atoms with E-state index in [-0.39, 0.29) is 5.82 Å². The number of para-hydroxylation sites is 1. The molecule has 0 amide bonds. The van der Waals surface area contributed by atoms with Crippen LogP contribution >= 0.6 is 0 Å². The Labute approximate surface area is 123 Å². The number of halogens is 3. The van der Waals surface area contributed by atoms with E-state index < -0.39 is 17.5 Å². The Balaban J connectivity index is 2.56. The molecule has 2 aromatic rings. The predicted molar refractivity (Wildman–Crippen MR) is 71.9 cm³/mol. The molecule has 9 heteroatoms. The van der Waals surface area contributed by atoms with Crippen LogP contribution in [0.5, 0.6) is 0 Å². The van der Waals surface area contributed by atoms with Crippen molar-refractivity contribution in [3.05, 3.63) is 42.4 Å². The highest BCUT2D eigenvalue weighted by Gasteiger charge is 2.43. The van der Waals surface area contributed by atoms with Crippen LogP contribution in [-0.4, -0.2) is 51.2 Å². The molecule has 1 aromatic carbocycles. The van der Waals surface area contributed by atoms with Crippen molar-refractivity contribution >= 4 is 11.4 Å². The number of Topliss-reactive ketones (excluding diaryl/α,β-unsaturated/α-hetero) is 1. The lowest BCUT2D eigenvalue weighted by Gasteiger charge is -2.12. The molecule has 0 saturated heterocycles. The zero-order valence-corrected chi connectivity index (χ0v) is 11.7. The summed E-state index contributed by atoms with van der Waals surface area (Å²) in [4.78, 5) is 13.0. The summed E-state index contributed by atoms with van der Waals surface area (Å²) < 4.78 is 39.4. The average Bonchev–Trinajstić information content (AvgIpc) is 2.93. The van der Waals surface area contributed by atoms with E-state index in [0.29, 0.717) is 5.69 Å². The van der Waals surface area contributed by atoms with Crippen molar-refractivity contribution in [2.24, 2.45) is 0 Å². The molecule has 2 rings (SSSR count). The summed E-state index contributed by atoms with van der Waals surface area (Å²) in [6.45, 7) is 0. The van der Waals surface area contributed by atoms with Crippen molar-refractivity contribution in [3.63, 3.8) is 0 Å². The van der Waals surface area contributed by atoms with Gasteiger partial charge in [-0.2, -0.15) is 17.9 Å². The monoisotopic (exact) mass is 311 g/mol. The van der Waals surface area contributed by atoms with Gasteiger partial charge in [-0.15, -0.1) is 5.10 Å². The molecular weight excluding hydrogens is 299 g/mol. The number of hydrogen-bond donors (Lipinski definition) is 0. The van der Waals surface area contributed by atoms with Crippen LogP contribution in [0.1, 0.15) is 5.82 Å². The Bertz CT molecular complexity index is 691. The fourth-order valence-corrected chi connectivity index (χ4v) is 1.73. The Hall–Kier alpha value is -2.71. The Kier molecular flexibility index (Phi) is 4.25. The summed E-state index contributed by atoms with van der Waals surface area (Å²) in [5, 5.41) is 10.6. The molecule has 116 valence electrons. The van der Waals surface area contributed by atoms with E-state index in [2.05, 4.69) is 15.5 Å². The van der Waals surface area contributed by atoms with Crippen molar-refractivity contribution in [1.29, 1.82) is 0 Å². The number of aromatic nitrogens is 4. The van der Waals surface area contributed by atoms with Crippen LogP contribution in [-0.2, 0) is 4.79 Å². The number of benzene rings is 1. The molecule has 22 heavy (non-hydrogen) atoms. The second kappa shape index (κ2) is 5.96. The lowest BCUT2D eigenvalue weighted by Crippen LogP contribution is -2.26.